The van der Waals surface area contributed by atoms with Gasteiger partial charge in [0.1, 0.15) is 5.60 Å². The summed E-state index contributed by atoms with van der Waals surface area (Å²) in [5.74, 6) is 0.717. The van der Waals surface area contributed by atoms with Crippen LogP contribution >= 0.6 is 0 Å². The van der Waals surface area contributed by atoms with E-state index in [1.54, 1.807) is 7.05 Å². The third kappa shape index (κ3) is 9.34. The minimum atomic E-state index is -0.512. The van der Waals surface area contributed by atoms with Gasteiger partial charge in [-0.3, -0.25) is 4.99 Å². The van der Waals surface area contributed by atoms with E-state index in [1.165, 1.54) is 11.3 Å². The fourth-order valence-electron chi connectivity index (χ4n) is 3.54. The molecule has 1 aromatic rings. The number of unbranched alkanes of at least 4 members (excludes halogenated alkanes) is 1. The molecule has 1 aliphatic heterocycles. The minimum absolute atomic E-state index is 0.0585. The van der Waals surface area contributed by atoms with E-state index in [2.05, 4.69) is 57.0 Å². The quantitative estimate of drug-likeness (QED) is 0.398. The molecule has 1 aromatic carbocycles. The number of nitrogens with one attached hydrogen (secondary N) is 3. The van der Waals surface area contributed by atoms with Crippen molar-refractivity contribution in [3.8, 4) is 0 Å². The van der Waals surface area contributed by atoms with Crippen LogP contribution in [0.25, 0.3) is 0 Å². The zero-order valence-electron chi connectivity index (χ0n) is 20.4. The van der Waals surface area contributed by atoms with Crippen molar-refractivity contribution >= 4 is 17.7 Å². The number of para-hydroxylation sites is 1. The number of rotatable bonds is 9. The van der Waals surface area contributed by atoms with Crippen molar-refractivity contribution in [3.63, 3.8) is 0 Å². The Morgan fingerprint density at radius 1 is 1.22 bits per heavy atom. The smallest absolute Gasteiger partial charge is 0.407 e. The third-order valence-corrected chi connectivity index (χ3v) is 5.15. The predicted molar refractivity (Wildman–Crippen MR) is 130 cm³/mol. The second-order valence-electron chi connectivity index (χ2n) is 9.02. The molecule has 1 heterocycles. The summed E-state index contributed by atoms with van der Waals surface area (Å²) in [7, 11) is 1.77. The summed E-state index contributed by atoms with van der Waals surface area (Å²) in [5.41, 5.74) is 1.93. The number of benzene rings is 1. The van der Waals surface area contributed by atoms with E-state index in [0.717, 1.165) is 45.6 Å². The van der Waals surface area contributed by atoms with Crippen molar-refractivity contribution in [2.24, 2.45) is 4.99 Å². The lowest BCUT2D eigenvalue weighted by Gasteiger charge is -2.31. The van der Waals surface area contributed by atoms with Crippen molar-refractivity contribution in [1.82, 2.24) is 16.0 Å². The van der Waals surface area contributed by atoms with Crippen LogP contribution in [-0.4, -0.2) is 63.6 Å². The summed E-state index contributed by atoms with van der Waals surface area (Å²) in [4.78, 5) is 18.8. The second-order valence-corrected chi connectivity index (χ2v) is 9.02. The molecule has 0 aliphatic carbocycles. The highest BCUT2D eigenvalue weighted by molar-refractivity contribution is 5.80. The summed E-state index contributed by atoms with van der Waals surface area (Å²) in [6.07, 6.45) is 2.68. The molecule has 3 N–H and O–H groups in total. The first-order valence-corrected chi connectivity index (χ1v) is 11.7. The van der Waals surface area contributed by atoms with Gasteiger partial charge in [-0.25, -0.2) is 4.79 Å². The van der Waals surface area contributed by atoms with Crippen LogP contribution < -0.4 is 20.9 Å². The van der Waals surface area contributed by atoms with E-state index < -0.39 is 11.7 Å². The number of carbonyl (C=O) groups is 1. The van der Waals surface area contributed by atoms with Crippen LogP contribution in [0.15, 0.2) is 29.3 Å². The lowest BCUT2D eigenvalue weighted by atomic mass is 10.1. The Labute approximate surface area is 193 Å². The molecule has 0 radical (unpaired) electrons. The van der Waals surface area contributed by atoms with Crippen molar-refractivity contribution in [1.29, 1.82) is 0 Å². The predicted octanol–water partition coefficient (Wildman–Crippen LogP) is 3.27. The van der Waals surface area contributed by atoms with E-state index >= 15 is 0 Å². The normalized spacial score (nSPS) is 15.8. The number of morpholine rings is 1. The van der Waals surface area contributed by atoms with Crippen LogP contribution in [0.5, 0.6) is 0 Å². The molecule has 0 saturated carbocycles. The first-order valence-electron chi connectivity index (χ1n) is 11.7. The first kappa shape index (κ1) is 25.8. The minimum Gasteiger partial charge on any atom is -0.444 e. The topological polar surface area (TPSA) is 87.2 Å². The summed E-state index contributed by atoms with van der Waals surface area (Å²) in [6.45, 7) is 12.2. The van der Waals surface area contributed by atoms with Crippen LogP contribution in [0.2, 0.25) is 0 Å². The number of hydrogen-bond acceptors (Lipinski definition) is 5. The lowest BCUT2D eigenvalue weighted by molar-refractivity contribution is 0.0522. The van der Waals surface area contributed by atoms with Gasteiger partial charge in [0.2, 0.25) is 0 Å². The Hall–Kier alpha value is -2.48. The Kier molecular flexibility index (Phi) is 10.6. The monoisotopic (exact) mass is 447 g/mol. The highest BCUT2D eigenvalue weighted by Crippen LogP contribution is 2.21. The fourth-order valence-corrected chi connectivity index (χ4v) is 3.54. The van der Waals surface area contributed by atoms with Crippen molar-refractivity contribution in [2.75, 3.05) is 44.8 Å². The van der Waals surface area contributed by atoms with Crippen LogP contribution in [0.1, 0.15) is 52.5 Å². The van der Waals surface area contributed by atoms with Crippen molar-refractivity contribution in [3.05, 3.63) is 29.8 Å². The SMILES string of the molecule is CCCCC(CNC(=O)OC(C)(C)C)NC(=NC)NCc1ccccc1N1CCOCC1. The maximum atomic E-state index is 12.1. The standard InChI is InChI=1S/C24H41N5O3/c1-6-7-11-20(18-27-23(30)32-24(2,3)4)28-22(25-5)26-17-19-10-8-9-12-21(19)29-13-15-31-16-14-29/h8-10,12,20H,6-7,11,13-18H2,1-5H3,(H,27,30)(H2,25,26,28). The van der Waals surface area contributed by atoms with Crippen molar-refractivity contribution in [2.45, 2.75) is 65.1 Å². The Bertz CT molecular complexity index is 727. The molecule has 32 heavy (non-hydrogen) atoms. The number of hydrogen-bond donors (Lipinski definition) is 3. The molecule has 8 heteroatoms. The van der Waals surface area contributed by atoms with Gasteiger partial charge in [-0.15, -0.1) is 0 Å². The molecular weight excluding hydrogens is 406 g/mol. The molecule has 180 valence electrons. The number of amides is 1. The van der Waals surface area contributed by atoms with Gasteiger partial charge >= 0.3 is 6.09 Å². The number of aliphatic imine (C=N–C) groups is 1. The van der Waals surface area contributed by atoms with E-state index in [1.807, 2.05) is 20.8 Å². The molecule has 2 rings (SSSR count). The van der Waals surface area contributed by atoms with Gasteiger partial charge in [0.15, 0.2) is 5.96 Å². The second kappa shape index (κ2) is 13.2. The van der Waals surface area contributed by atoms with Gasteiger partial charge in [-0.1, -0.05) is 38.0 Å². The Morgan fingerprint density at radius 3 is 2.59 bits per heavy atom. The molecule has 0 bridgehead atoms. The van der Waals surface area contributed by atoms with Gasteiger partial charge in [-0.2, -0.15) is 0 Å². The maximum Gasteiger partial charge on any atom is 0.407 e. The molecule has 1 atom stereocenters. The zero-order chi connectivity index (χ0) is 23.4. The van der Waals surface area contributed by atoms with Crippen LogP contribution in [0.3, 0.4) is 0 Å². The summed E-state index contributed by atoms with van der Waals surface area (Å²) >= 11 is 0. The number of nitrogens with zero attached hydrogens (tertiary/aromatic N) is 2. The molecule has 1 saturated heterocycles. The van der Waals surface area contributed by atoms with E-state index in [4.69, 9.17) is 9.47 Å². The number of guanidine groups is 1. The largest absolute Gasteiger partial charge is 0.444 e. The van der Waals surface area contributed by atoms with Crippen LogP contribution in [-0.2, 0) is 16.0 Å². The number of carbonyl (C=O) groups excluding carboxylic acids is 1. The van der Waals surface area contributed by atoms with E-state index in [-0.39, 0.29) is 6.04 Å². The molecule has 1 amide bonds. The molecular formula is C24H41N5O3. The summed E-state index contributed by atoms with van der Waals surface area (Å²) < 4.78 is 10.9. The van der Waals surface area contributed by atoms with Crippen molar-refractivity contribution < 1.29 is 14.3 Å². The van der Waals surface area contributed by atoms with Gasteiger partial charge in [0, 0.05) is 45.0 Å². The Balaban J connectivity index is 1.94. The summed E-state index contributed by atoms with van der Waals surface area (Å²) in [6, 6.07) is 8.50. The fraction of sp³-hybridized carbons (Fsp3) is 0.667. The third-order valence-electron chi connectivity index (χ3n) is 5.15. The van der Waals surface area contributed by atoms with E-state index in [9.17, 15) is 4.79 Å². The van der Waals surface area contributed by atoms with Crippen LogP contribution in [0, 0.1) is 0 Å². The van der Waals surface area contributed by atoms with Gasteiger partial charge in [0.25, 0.3) is 0 Å². The Morgan fingerprint density at radius 2 is 1.94 bits per heavy atom. The average Bonchev–Trinajstić information content (AvgIpc) is 2.77. The molecule has 1 fully saturated rings. The first-order chi connectivity index (χ1) is 15.3. The zero-order valence-corrected chi connectivity index (χ0v) is 20.4. The van der Waals surface area contributed by atoms with Gasteiger partial charge < -0.3 is 30.3 Å². The number of anilines is 1. The van der Waals surface area contributed by atoms with Gasteiger partial charge in [0.05, 0.1) is 13.2 Å². The molecule has 1 unspecified atom stereocenters. The lowest BCUT2D eigenvalue weighted by Crippen LogP contribution is -2.49. The molecule has 0 spiro atoms. The molecule has 8 nitrogen and oxygen atoms in total. The van der Waals surface area contributed by atoms with Crippen LogP contribution in [0.4, 0.5) is 10.5 Å². The van der Waals surface area contributed by atoms with Gasteiger partial charge in [-0.05, 0) is 38.8 Å². The number of alkyl carbamates (subject to hydrolysis) is 1. The van der Waals surface area contributed by atoms with E-state index in [0.29, 0.717) is 19.0 Å². The average molecular weight is 448 g/mol. The highest BCUT2D eigenvalue weighted by atomic mass is 16.6. The molecule has 0 aromatic heterocycles. The maximum absolute atomic E-state index is 12.1. The summed E-state index contributed by atoms with van der Waals surface area (Å²) in [5, 5.41) is 9.77. The molecule has 1 aliphatic rings. The highest BCUT2D eigenvalue weighted by Gasteiger charge is 2.18. The number of ether oxygens (including phenoxy) is 2.